The zero-order valence-corrected chi connectivity index (χ0v) is 12.1. The number of aliphatic carboxylic acids is 1. The summed E-state index contributed by atoms with van der Waals surface area (Å²) < 4.78 is 1.40. The molecule has 2 rings (SSSR count). The molecule has 0 fully saturated rings. The molecule has 2 aromatic rings. The third-order valence-electron chi connectivity index (χ3n) is 2.74. The number of thioether (sulfide) groups is 1. The lowest BCUT2D eigenvalue weighted by molar-refractivity contribution is -0.133. The van der Waals surface area contributed by atoms with Gasteiger partial charge in [-0.2, -0.15) is 0 Å². The molecule has 20 heavy (non-hydrogen) atoms. The molecular formula is C12H12ClN3O3S. The highest BCUT2D eigenvalue weighted by Crippen LogP contribution is 2.27. The number of aromatic amines is 1. The first kappa shape index (κ1) is 14.7. The summed E-state index contributed by atoms with van der Waals surface area (Å²) in [6, 6.07) is 6.84. The quantitative estimate of drug-likeness (QED) is 0.824. The van der Waals surface area contributed by atoms with Crippen molar-refractivity contribution in [1.29, 1.82) is 0 Å². The van der Waals surface area contributed by atoms with Gasteiger partial charge in [-0.25, -0.2) is 9.89 Å². The zero-order valence-electron chi connectivity index (χ0n) is 10.5. The van der Waals surface area contributed by atoms with Crippen molar-refractivity contribution in [3.8, 4) is 0 Å². The van der Waals surface area contributed by atoms with E-state index in [4.69, 9.17) is 16.7 Å². The Bertz CT molecular complexity index is 683. The number of rotatable bonds is 5. The highest BCUT2D eigenvalue weighted by atomic mass is 35.5. The maximum Gasteiger partial charge on any atom is 0.344 e. The topological polar surface area (TPSA) is 88.0 Å². The first-order valence-corrected chi connectivity index (χ1v) is 7.13. The SMILES string of the molecule is CC(c1ccccc1Cl)n1c(SCC(=O)O)n[nH]c1=O. The Hall–Kier alpha value is -1.73. The molecule has 0 spiro atoms. The van der Waals surface area contributed by atoms with E-state index in [-0.39, 0.29) is 11.8 Å². The molecule has 6 nitrogen and oxygen atoms in total. The van der Waals surface area contributed by atoms with Crippen molar-refractivity contribution in [3.63, 3.8) is 0 Å². The number of hydrogen-bond donors (Lipinski definition) is 2. The molecule has 1 aromatic heterocycles. The highest BCUT2D eigenvalue weighted by Gasteiger charge is 2.19. The Morgan fingerprint density at radius 1 is 1.55 bits per heavy atom. The molecule has 0 aliphatic heterocycles. The van der Waals surface area contributed by atoms with E-state index in [2.05, 4.69) is 10.2 Å². The number of H-pyrrole nitrogens is 1. The average Bonchev–Trinajstić information content (AvgIpc) is 2.77. The molecular weight excluding hydrogens is 302 g/mol. The lowest BCUT2D eigenvalue weighted by atomic mass is 10.1. The molecule has 0 saturated carbocycles. The van der Waals surface area contributed by atoms with Gasteiger partial charge in [-0.1, -0.05) is 41.6 Å². The maximum absolute atomic E-state index is 11.9. The first-order chi connectivity index (χ1) is 9.50. The van der Waals surface area contributed by atoms with Gasteiger partial charge in [0.2, 0.25) is 0 Å². The monoisotopic (exact) mass is 313 g/mol. The van der Waals surface area contributed by atoms with Crippen LogP contribution in [0.3, 0.4) is 0 Å². The van der Waals surface area contributed by atoms with Crippen LogP contribution in [0.25, 0.3) is 0 Å². The molecule has 1 atom stereocenters. The van der Waals surface area contributed by atoms with Gasteiger partial charge in [0.1, 0.15) is 0 Å². The van der Waals surface area contributed by atoms with Crippen LogP contribution in [0.1, 0.15) is 18.5 Å². The number of carbonyl (C=O) groups is 1. The number of halogens is 1. The normalized spacial score (nSPS) is 12.3. The molecule has 1 aromatic carbocycles. The Labute approximate surface area is 123 Å². The van der Waals surface area contributed by atoms with Crippen LogP contribution in [-0.2, 0) is 4.79 Å². The summed E-state index contributed by atoms with van der Waals surface area (Å²) in [6.45, 7) is 1.81. The summed E-state index contributed by atoms with van der Waals surface area (Å²) in [5.74, 6) is -1.14. The lowest BCUT2D eigenvalue weighted by Crippen LogP contribution is -2.22. The average molecular weight is 314 g/mol. The summed E-state index contributed by atoms with van der Waals surface area (Å²) in [5, 5.41) is 15.8. The van der Waals surface area contributed by atoms with Gasteiger partial charge in [-0.05, 0) is 18.6 Å². The van der Waals surface area contributed by atoms with Crippen LogP contribution in [0, 0.1) is 0 Å². The predicted octanol–water partition coefficient (Wildman–Crippen LogP) is 2.01. The molecule has 1 unspecified atom stereocenters. The van der Waals surface area contributed by atoms with Gasteiger partial charge < -0.3 is 5.11 Å². The van der Waals surface area contributed by atoms with E-state index in [9.17, 15) is 9.59 Å². The third kappa shape index (κ3) is 3.05. The molecule has 0 aliphatic rings. The molecule has 2 N–H and O–H groups in total. The van der Waals surface area contributed by atoms with Gasteiger partial charge >= 0.3 is 11.7 Å². The standard InChI is InChI=1S/C12H12ClN3O3S/c1-7(8-4-2-3-5-9(8)13)16-11(19)14-15-12(16)20-6-10(17)18/h2-5,7H,6H2,1H3,(H,14,19)(H,17,18). The molecule has 8 heteroatoms. The van der Waals surface area contributed by atoms with Crippen LogP contribution in [0.2, 0.25) is 5.02 Å². The van der Waals surface area contributed by atoms with Crippen LogP contribution in [-0.4, -0.2) is 31.6 Å². The van der Waals surface area contributed by atoms with Gasteiger partial charge in [-0.3, -0.25) is 9.36 Å². The number of hydrogen-bond acceptors (Lipinski definition) is 4. The van der Waals surface area contributed by atoms with Crippen LogP contribution < -0.4 is 5.69 Å². The van der Waals surface area contributed by atoms with Gasteiger partial charge in [0.15, 0.2) is 5.16 Å². The Morgan fingerprint density at radius 3 is 2.90 bits per heavy atom. The number of carboxylic acids is 1. The molecule has 0 radical (unpaired) electrons. The second kappa shape index (κ2) is 6.15. The highest BCUT2D eigenvalue weighted by molar-refractivity contribution is 7.99. The molecule has 0 saturated heterocycles. The summed E-state index contributed by atoms with van der Waals surface area (Å²) in [5.41, 5.74) is 0.375. The van der Waals surface area contributed by atoms with Crippen LogP contribution in [0.5, 0.6) is 0 Å². The van der Waals surface area contributed by atoms with Crippen molar-refractivity contribution >= 4 is 29.3 Å². The Morgan fingerprint density at radius 2 is 2.25 bits per heavy atom. The Kier molecular flexibility index (Phi) is 4.51. The van der Waals surface area contributed by atoms with Crippen molar-refractivity contribution in [3.05, 3.63) is 45.3 Å². The minimum Gasteiger partial charge on any atom is -0.481 e. The van der Waals surface area contributed by atoms with E-state index >= 15 is 0 Å². The number of nitrogens with one attached hydrogen (secondary N) is 1. The molecule has 106 valence electrons. The van der Waals surface area contributed by atoms with Crippen molar-refractivity contribution in [2.45, 2.75) is 18.1 Å². The fourth-order valence-electron chi connectivity index (χ4n) is 1.81. The lowest BCUT2D eigenvalue weighted by Gasteiger charge is -2.15. The second-order valence-electron chi connectivity index (χ2n) is 4.06. The van der Waals surface area contributed by atoms with Crippen LogP contribution >= 0.6 is 23.4 Å². The summed E-state index contributed by atoms with van der Waals surface area (Å²) in [7, 11) is 0. The molecule has 0 bridgehead atoms. The van der Waals surface area contributed by atoms with Gasteiger partial charge in [0, 0.05) is 5.02 Å². The summed E-state index contributed by atoms with van der Waals surface area (Å²) >= 11 is 7.10. The second-order valence-corrected chi connectivity index (χ2v) is 5.41. The summed E-state index contributed by atoms with van der Waals surface area (Å²) in [6.07, 6.45) is 0. The van der Waals surface area contributed by atoms with Gasteiger partial charge in [0.25, 0.3) is 0 Å². The van der Waals surface area contributed by atoms with E-state index in [0.717, 1.165) is 17.3 Å². The van der Waals surface area contributed by atoms with E-state index in [1.165, 1.54) is 4.57 Å². The molecule has 0 amide bonds. The molecule has 1 heterocycles. The van der Waals surface area contributed by atoms with Crippen molar-refractivity contribution < 1.29 is 9.90 Å². The Balaban J connectivity index is 2.37. The molecule has 0 aliphatic carbocycles. The van der Waals surface area contributed by atoms with Crippen LogP contribution in [0.15, 0.2) is 34.2 Å². The largest absolute Gasteiger partial charge is 0.481 e. The first-order valence-electron chi connectivity index (χ1n) is 5.76. The number of nitrogens with zero attached hydrogens (tertiary/aromatic N) is 2. The number of aromatic nitrogens is 3. The van der Waals surface area contributed by atoms with Crippen molar-refractivity contribution in [2.75, 3.05) is 5.75 Å². The van der Waals surface area contributed by atoms with Crippen molar-refractivity contribution in [2.24, 2.45) is 0 Å². The zero-order chi connectivity index (χ0) is 14.7. The minimum atomic E-state index is -0.970. The fraction of sp³-hybridized carbons (Fsp3) is 0.250. The third-order valence-corrected chi connectivity index (χ3v) is 4.02. The maximum atomic E-state index is 11.9. The minimum absolute atomic E-state index is 0.167. The predicted molar refractivity (Wildman–Crippen MR) is 76.5 cm³/mol. The smallest absolute Gasteiger partial charge is 0.344 e. The van der Waals surface area contributed by atoms with E-state index in [1.807, 2.05) is 19.1 Å². The van der Waals surface area contributed by atoms with E-state index in [1.54, 1.807) is 12.1 Å². The van der Waals surface area contributed by atoms with Crippen molar-refractivity contribution in [1.82, 2.24) is 14.8 Å². The fourth-order valence-corrected chi connectivity index (χ4v) is 2.85. The number of benzene rings is 1. The van der Waals surface area contributed by atoms with E-state index in [0.29, 0.717) is 10.2 Å². The summed E-state index contributed by atoms with van der Waals surface area (Å²) in [4.78, 5) is 22.5. The van der Waals surface area contributed by atoms with E-state index < -0.39 is 11.7 Å². The van der Waals surface area contributed by atoms with Gasteiger partial charge in [-0.15, -0.1) is 5.10 Å². The van der Waals surface area contributed by atoms with Crippen LogP contribution in [0.4, 0.5) is 0 Å². The van der Waals surface area contributed by atoms with Gasteiger partial charge in [0.05, 0.1) is 11.8 Å². The number of carboxylic acid groups (broad SMARTS) is 1.